The van der Waals surface area contributed by atoms with E-state index < -0.39 is 0 Å². The maximum atomic E-state index is 2.88. The molecule has 1 fully saturated rings. The Hall–Kier alpha value is -12.6. The minimum absolute atomic E-state index is 0.0416. The van der Waals surface area contributed by atoms with Gasteiger partial charge in [0.05, 0.1) is 39.1 Å². The predicted molar refractivity (Wildman–Crippen MR) is 421 cm³/mol. The van der Waals surface area contributed by atoms with Gasteiger partial charge in [0.15, 0.2) is 0 Å². The summed E-state index contributed by atoms with van der Waals surface area (Å²) in [5.74, 6) is 0.0761. The Kier molecular flexibility index (Phi) is 12.7. The van der Waals surface area contributed by atoms with Crippen LogP contribution in [0.4, 0.5) is 28.4 Å². The molecule has 0 spiro atoms. The summed E-state index contributed by atoms with van der Waals surface area (Å²) in [4.78, 5) is 5.61. The standard InChI is InChI=1S/C94H64BN5/c1-5-27-62(28-6-1)69-41-25-42-70(63-29-7-2-8-30-63)93(69)99-86-57-66(61-51-54-67(55-52-61)96-80-45-19-13-35-73(80)74-36-14-20-46-81(74)96)53-56-79(86)95-91-87(99)58-68(97-82-47-21-15-37-75(82)76-38-16-22-48-83(76)97)59-88(91)100(94-71(64-31-9-3-10-32-64)43-26-44-72(94)65-33-11-4-12-34-65)90-60-89(92(90)95)98-84-49-23-17-39-77(84)78-40-18-24-50-85(78)98/h1-59,89-90,92H,60H2/t89-,90?,92?/m1/s1. The van der Waals surface area contributed by atoms with E-state index in [0.29, 0.717) is 0 Å². The molecule has 0 saturated heterocycles. The van der Waals surface area contributed by atoms with Gasteiger partial charge in [0.2, 0.25) is 6.71 Å². The lowest BCUT2D eigenvalue weighted by Crippen LogP contribution is -2.68. The van der Waals surface area contributed by atoms with Crippen LogP contribution in [0.5, 0.6) is 0 Å². The molecule has 6 heteroatoms. The van der Waals surface area contributed by atoms with Gasteiger partial charge in [-0.2, -0.15) is 0 Å². The largest absolute Gasteiger partial charge is 0.338 e. The molecule has 2 aliphatic heterocycles. The zero-order valence-corrected chi connectivity index (χ0v) is 54.8. The van der Waals surface area contributed by atoms with E-state index in [2.05, 4.69) is 381 Å². The lowest BCUT2D eigenvalue weighted by Gasteiger charge is -2.60. The first-order valence-corrected chi connectivity index (χ1v) is 35.1. The van der Waals surface area contributed by atoms with Crippen molar-refractivity contribution in [2.24, 2.45) is 0 Å². The van der Waals surface area contributed by atoms with Gasteiger partial charge in [-0.1, -0.05) is 291 Å². The Morgan fingerprint density at radius 1 is 0.260 bits per heavy atom. The van der Waals surface area contributed by atoms with E-state index in [-0.39, 0.29) is 24.6 Å². The normalized spacial score (nSPS) is 15.4. The van der Waals surface area contributed by atoms with E-state index in [1.165, 1.54) is 121 Å². The Bertz CT molecular complexity index is 6010. The van der Waals surface area contributed by atoms with Gasteiger partial charge in [0.25, 0.3) is 0 Å². The third-order valence-corrected chi connectivity index (χ3v) is 22.3. The van der Waals surface area contributed by atoms with E-state index in [4.69, 9.17) is 0 Å². The molecule has 21 rings (SSSR count). The summed E-state index contributed by atoms with van der Waals surface area (Å²) in [6.45, 7) is -0.0665. The zero-order chi connectivity index (χ0) is 65.5. The molecule has 3 aromatic heterocycles. The van der Waals surface area contributed by atoms with E-state index >= 15 is 0 Å². The van der Waals surface area contributed by atoms with Crippen LogP contribution in [0.2, 0.25) is 5.82 Å². The average molecular weight is 1270 g/mol. The average Bonchev–Trinajstić information content (AvgIpc) is 0.743. The maximum absolute atomic E-state index is 2.88. The Balaban J connectivity index is 0.905. The monoisotopic (exact) mass is 1270 g/mol. The van der Waals surface area contributed by atoms with E-state index in [1.807, 2.05) is 0 Å². The third kappa shape index (κ3) is 8.44. The van der Waals surface area contributed by atoms with Crippen molar-refractivity contribution in [3.05, 3.63) is 358 Å². The number of aromatic nitrogens is 3. The van der Waals surface area contributed by atoms with Crippen molar-refractivity contribution in [3.8, 4) is 67.0 Å². The zero-order valence-electron chi connectivity index (χ0n) is 54.8. The fourth-order valence-corrected chi connectivity index (χ4v) is 18.1. The minimum Gasteiger partial charge on any atom is -0.338 e. The molecular formula is C94H64BN5. The fraction of sp³-hybridized carbons (Fsp3) is 0.0426. The van der Waals surface area contributed by atoms with Crippen molar-refractivity contribution < 1.29 is 0 Å². The summed E-state index contributed by atoms with van der Waals surface area (Å²) in [6, 6.07) is 135. The van der Waals surface area contributed by atoms with Crippen LogP contribution in [0, 0.1) is 0 Å². The number of fused-ring (bicyclic) bond motifs is 13. The molecule has 1 saturated carbocycles. The lowest BCUT2D eigenvalue weighted by atomic mass is 9.25. The Morgan fingerprint density at radius 3 is 1.08 bits per heavy atom. The summed E-state index contributed by atoms with van der Waals surface area (Å²) in [5.41, 5.74) is 29.8. The van der Waals surface area contributed by atoms with Crippen LogP contribution < -0.4 is 20.7 Å². The molecule has 0 radical (unpaired) electrons. The van der Waals surface area contributed by atoms with Gasteiger partial charge in [0.1, 0.15) is 0 Å². The smallest absolute Gasteiger partial charge is 0.224 e. The predicted octanol–water partition coefficient (Wildman–Crippen LogP) is 23.3. The number of benzene rings is 15. The number of anilines is 5. The molecule has 0 N–H and O–H groups in total. The molecule has 0 amide bonds. The second-order valence-electron chi connectivity index (χ2n) is 27.4. The van der Waals surface area contributed by atoms with Crippen molar-refractivity contribution in [3.63, 3.8) is 0 Å². The molecule has 5 nitrogen and oxygen atoms in total. The molecule has 100 heavy (non-hydrogen) atoms. The number of hydrogen-bond donors (Lipinski definition) is 0. The lowest BCUT2D eigenvalue weighted by molar-refractivity contribution is 0.271. The molecular weight excluding hydrogens is 1210 g/mol. The summed E-state index contributed by atoms with van der Waals surface area (Å²) < 4.78 is 7.75. The number of para-hydroxylation sites is 8. The molecule has 15 aromatic carbocycles. The van der Waals surface area contributed by atoms with Crippen molar-refractivity contribution in [2.75, 3.05) is 9.80 Å². The van der Waals surface area contributed by atoms with E-state index in [9.17, 15) is 0 Å². The first-order chi connectivity index (χ1) is 49.7. The van der Waals surface area contributed by atoms with Crippen LogP contribution in [0.15, 0.2) is 358 Å². The van der Waals surface area contributed by atoms with E-state index in [0.717, 1.165) is 56.9 Å². The van der Waals surface area contributed by atoms with Crippen molar-refractivity contribution in [1.29, 1.82) is 0 Å². The molecule has 3 aliphatic rings. The first kappa shape index (κ1) is 56.5. The molecule has 18 aromatic rings. The SMILES string of the molecule is c1ccc(-c2cccc(-c3ccccc3)c2N2c3cc(-c4ccc(-n5c6ccccc6c6ccccc65)cc4)ccc3B3c4c2cc(-n2c5ccccc5c5ccccc52)cc4N(c2c(-c4ccccc4)cccc2-c2ccccc2)C2C[C@@H](n4c5ccccc5c5ccccc54)C32)cc1. The summed E-state index contributed by atoms with van der Waals surface area (Å²) in [5, 5.41) is 7.55. The van der Waals surface area contributed by atoms with Crippen LogP contribution >= 0.6 is 0 Å². The van der Waals surface area contributed by atoms with Crippen LogP contribution in [-0.4, -0.2) is 26.5 Å². The molecule has 3 atom stereocenters. The topological polar surface area (TPSA) is 21.3 Å². The fourth-order valence-electron chi connectivity index (χ4n) is 18.1. The van der Waals surface area contributed by atoms with Crippen LogP contribution in [0.3, 0.4) is 0 Å². The molecule has 1 aliphatic carbocycles. The highest BCUT2D eigenvalue weighted by molar-refractivity contribution is 6.91. The first-order valence-electron chi connectivity index (χ1n) is 35.1. The molecule has 5 heterocycles. The quantitative estimate of drug-likeness (QED) is 0.127. The highest BCUT2D eigenvalue weighted by Crippen LogP contribution is 2.62. The highest BCUT2D eigenvalue weighted by Gasteiger charge is 2.59. The second kappa shape index (κ2) is 22.5. The van der Waals surface area contributed by atoms with Gasteiger partial charge >= 0.3 is 0 Å². The van der Waals surface area contributed by atoms with Gasteiger partial charge in [-0.15, -0.1) is 0 Å². The second-order valence-corrected chi connectivity index (χ2v) is 27.4. The van der Waals surface area contributed by atoms with Crippen LogP contribution in [0.1, 0.15) is 12.5 Å². The van der Waals surface area contributed by atoms with Crippen molar-refractivity contribution in [1.82, 2.24) is 13.7 Å². The highest BCUT2D eigenvalue weighted by atomic mass is 15.2. The minimum atomic E-state index is -0.0665. The maximum Gasteiger partial charge on any atom is 0.224 e. The number of hydrogen-bond acceptors (Lipinski definition) is 2. The molecule has 0 bridgehead atoms. The van der Waals surface area contributed by atoms with Gasteiger partial charge in [-0.3, -0.25) is 0 Å². The number of nitrogens with zero attached hydrogens (tertiary/aromatic N) is 5. The summed E-state index contributed by atoms with van der Waals surface area (Å²) in [6.07, 6.45) is 0.917. The number of rotatable bonds is 10. The third-order valence-electron chi connectivity index (χ3n) is 22.3. The molecule has 2 unspecified atom stereocenters. The van der Waals surface area contributed by atoms with Gasteiger partial charge < -0.3 is 23.5 Å². The summed E-state index contributed by atoms with van der Waals surface area (Å²) >= 11 is 0. The molecule has 468 valence electrons. The van der Waals surface area contributed by atoms with Crippen molar-refractivity contribution in [2.45, 2.75) is 24.3 Å². The van der Waals surface area contributed by atoms with Gasteiger partial charge in [-0.25, -0.2) is 0 Å². The van der Waals surface area contributed by atoms with E-state index in [1.54, 1.807) is 0 Å². The summed E-state index contributed by atoms with van der Waals surface area (Å²) in [7, 11) is 0. The Morgan fingerprint density at radius 2 is 0.630 bits per heavy atom. The van der Waals surface area contributed by atoms with Gasteiger partial charge in [0, 0.05) is 100 Å². The Labute approximate surface area is 580 Å². The van der Waals surface area contributed by atoms with Crippen LogP contribution in [0.25, 0.3) is 132 Å². The van der Waals surface area contributed by atoms with Crippen LogP contribution in [-0.2, 0) is 0 Å². The van der Waals surface area contributed by atoms with Crippen molar-refractivity contribution >= 4 is 111 Å². The van der Waals surface area contributed by atoms with Gasteiger partial charge in [-0.05, 0) is 123 Å².